The van der Waals surface area contributed by atoms with Crippen LogP contribution in [0.15, 0.2) is 66.7 Å². The predicted octanol–water partition coefficient (Wildman–Crippen LogP) is 6.38. The van der Waals surface area contributed by atoms with Crippen LogP contribution in [0.5, 0.6) is 0 Å². The van der Waals surface area contributed by atoms with Crippen molar-refractivity contribution >= 4 is 11.6 Å². The molecule has 0 amide bonds. The molecular formula is C20H16ClF. The highest BCUT2D eigenvalue weighted by molar-refractivity contribution is 6.31. The number of hydrogen-bond donors (Lipinski definition) is 0. The van der Waals surface area contributed by atoms with Gasteiger partial charge in [-0.1, -0.05) is 61.0 Å². The lowest BCUT2D eigenvalue weighted by molar-refractivity contribution is 0.628. The summed E-state index contributed by atoms with van der Waals surface area (Å²) in [6.45, 7) is 2.14. The van der Waals surface area contributed by atoms with Crippen molar-refractivity contribution in [1.29, 1.82) is 0 Å². The molecule has 3 aromatic rings. The first-order valence-corrected chi connectivity index (χ1v) is 7.70. The summed E-state index contributed by atoms with van der Waals surface area (Å²) in [6.07, 6.45) is 0.993. The van der Waals surface area contributed by atoms with Gasteiger partial charge in [-0.2, -0.15) is 0 Å². The summed E-state index contributed by atoms with van der Waals surface area (Å²) in [4.78, 5) is 0. The molecule has 0 N–H and O–H groups in total. The van der Waals surface area contributed by atoms with E-state index in [0.29, 0.717) is 5.02 Å². The lowest BCUT2D eigenvalue weighted by Gasteiger charge is -2.12. The zero-order valence-corrected chi connectivity index (χ0v) is 13.1. The van der Waals surface area contributed by atoms with Crippen molar-refractivity contribution in [2.45, 2.75) is 13.3 Å². The van der Waals surface area contributed by atoms with E-state index >= 15 is 0 Å². The maximum absolute atomic E-state index is 13.2. The molecule has 110 valence electrons. The van der Waals surface area contributed by atoms with Gasteiger partial charge in [0.25, 0.3) is 0 Å². The normalized spacial score (nSPS) is 10.7. The lowest BCUT2D eigenvalue weighted by atomic mass is 9.93. The monoisotopic (exact) mass is 310 g/mol. The van der Waals surface area contributed by atoms with Crippen molar-refractivity contribution in [3.8, 4) is 22.3 Å². The summed E-state index contributed by atoms with van der Waals surface area (Å²) >= 11 is 6.17. The molecule has 0 radical (unpaired) electrons. The first-order valence-electron chi connectivity index (χ1n) is 7.32. The Balaban J connectivity index is 2.17. The van der Waals surface area contributed by atoms with Gasteiger partial charge in [-0.15, -0.1) is 0 Å². The zero-order valence-electron chi connectivity index (χ0n) is 12.3. The molecule has 0 aliphatic carbocycles. The van der Waals surface area contributed by atoms with E-state index in [1.165, 1.54) is 17.7 Å². The Bertz CT molecular complexity index is 791. The molecule has 0 fully saturated rings. The molecule has 0 nitrogen and oxygen atoms in total. The Labute approximate surface area is 135 Å². The van der Waals surface area contributed by atoms with Crippen molar-refractivity contribution in [2.75, 3.05) is 0 Å². The topological polar surface area (TPSA) is 0 Å². The fourth-order valence-corrected chi connectivity index (χ4v) is 2.77. The van der Waals surface area contributed by atoms with E-state index in [9.17, 15) is 4.39 Å². The molecule has 3 rings (SSSR count). The molecule has 0 aromatic heterocycles. The fraction of sp³-hybridized carbons (Fsp3) is 0.100. The Morgan fingerprint density at radius 1 is 0.818 bits per heavy atom. The van der Waals surface area contributed by atoms with Gasteiger partial charge in [0.05, 0.1) is 0 Å². The van der Waals surface area contributed by atoms with Gasteiger partial charge in [-0.05, 0) is 58.5 Å². The Kier molecular flexibility index (Phi) is 4.26. The van der Waals surface area contributed by atoms with E-state index in [2.05, 4.69) is 31.2 Å². The van der Waals surface area contributed by atoms with Crippen LogP contribution in [0.2, 0.25) is 5.02 Å². The third-order valence-electron chi connectivity index (χ3n) is 3.78. The summed E-state index contributed by atoms with van der Waals surface area (Å²) in [5.41, 5.74) is 5.51. The molecular weight excluding hydrogens is 295 g/mol. The summed E-state index contributed by atoms with van der Waals surface area (Å²) in [7, 11) is 0. The summed E-state index contributed by atoms with van der Waals surface area (Å²) in [5, 5.41) is 0.676. The first kappa shape index (κ1) is 14.8. The van der Waals surface area contributed by atoms with Crippen molar-refractivity contribution in [2.24, 2.45) is 0 Å². The molecule has 0 saturated heterocycles. The van der Waals surface area contributed by atoms with Gasteiger partial charge in [0.15, 0.2) is 0 Å². The summed E-state index contributed by atoms with van der Waals surface area (Å²) in [5.74, 6) is -0.236. The molecule has 0 atom stereocenters. The van der Waals surface area contributed by atoms with Crippen LogP contribution in [0.1, 0.15) is 12.5 Å². The Morgan fingerprint density at radius 3 is 2.32 bits per heavy atom. The van der Waals surface area contributed by atoms with Gasteiger partial charge in [-0.3, -0.25) is 0 Å². The van der Waals surface area contributed by atoms with E-state index in [0.717, 1.165) is 28.7 Å². The molecule has 3 aromatic carbocycles. The van der Waals surface area contributed by atoms with Crippen LogP contribution in [-0.2, 0) is 6.42 Å². The quantitative estimate of drug-likeness (QED) is 0.527. The third kappa shape index (κ3) is 3.05. The van der Waals surface area contributed by atoms with Gasteiger partial charge in [0.2, 0.25) is 0 Å². The largest absolute Gasteiger partial charge is 0.207 e. The lowest BCUT2D eigenvalue weighted by Crippen LogP contribution is -1.88. The van der Waals surface area contributed by atoms with Crippen molar-refractivity contribution in [3.05, 3.63) is 83.1 Å². The van der Waals surface area contributed by atoms with E-state index in [1.807, 2.05) is 18.2 Å². The number of rotatable bonds is 3. The minimum Gasteiger partial charge on any atom is -0.207 e. The molecule has 0 aliphatic heterocycles. The predicted molar refractivity (Wildman–Crippen MR) is 91.7 cm³/mol. The number of halogens is 2. The van der Waals surface area contributed by atoms with Crippen LogP contribution in [0.25, 0.3) is 22.3 Å². The highest BCUT2D eigenvalue weighted by atomic mass is 35.5. The van der Waals surface area contributed by atoms with Crippen LogP contribution in [0, 0.1) is 5.82 Å². The van der Waals surface area contributed by atoms with Gasteiger partial charge in [0, 0.05) is 5.02 Å². The van der Waals surface area contributed by atoms with Crippen LogP contribution in [0.4, 0.5) is 4.39 Å². The number of benzene rings is 3. The molecule has 0 bridgehead atoms. The van der Waals surface area contributed by atoms with Gasteiger partial charge >= 0.3 is 0 Å². The molecule has 22 heavy (non-hydrogen) atoms. The highest BCUT2D eigenvalue weighted by Gasteiger charge is 2.09. The molecule has 0 saturated carbocycles. The third-order valence-corrected chi connectivity index (χ3v) is 4.02. The average Bonchev–Trinajstić information content (AvgIpc) is 2.55. The van der Waals surface area contributed by atoms with E-state index in [-0.39, 0.29) is 5.82 Å². The molecule has 0 aliphatic rings. The summed E-state index contributed by atoms with van der Waals surface area (Å²) in [6, 6.07) is 20.8. The molecule has 0 spiro atoms. The summed E-state index contributed by atoms with van der Waals surface area (Å²) < 4.78 is 13.2. The highest BCUT2D eigenvalue weighted by Crippen LogP contribution is 2.34. The maximum Gasteiger partial charge on any atom is 0.123 e. The van der Waals surface area contributed by atoms with Gasteiger partial charge < -0.3 is 0 Å². The van der Waals surface area contributed by atoms with Crippen LogP contribution in [-0.4, -0.2) is 0 Å². The molecule has 0 heterocycles. The van der Waals surface area contributed by atoms with Crippen molar-refractivity contribution in [3.63, 3.8) is 0 Å². The number of aryl methyl sites for hydroxylation is 1. The van der Waals surface area contributed by atoms with E-state index in [1.54, 1.807) is 12.1 Å². The smallest absolute Gasteiger partial charge is 0.123 e. The zero-order chi connectivity index (χ0) is 15.5. The van der Waals surface area contributed by atoms with Crippen molar-refractivity contribution in [1.82, 2.24) is 0 Å². The minimum atomic E-state index is -0.236. The van der Waals surface area contributed by atoms with Crippen LogP contribution in [0.3, 0.4) is 0 Å². The second kappa shape index (κ2) is 6.33. The van der Waals surface area contributed by atoms with Crippen LogP contribution >= 0.6 is 11.6 Å². The maximum atomic E-state index is 13.2. The van der Waals surface area contributed by atoms with Crippen molar-refractivity contribution < 1.29 is 4.39 Å². The molecule has 0 unspecified atom stereocenters. The van der Waals surface area contributed by atoms with E-state index in [4.69, 9.17) is 11.6 Å². The Morgan fingerprint density at radius 2 is 1.59 bits per heavy atom. The minimum absolute atomic E-state index is 0.236. The number of hydrogen-bond acceptors (Lipinski definition) is 0. The SMILES string of the molecule is CCc1cccc(-c2ccc(Cl)cc2-c2ccc(F)cc2)c1. The average molecular weight is 311 g/mol. The van der Waals surface area contributed by atoms with Crippen LogP contribution < -0.4 is 0 Å². The second-order valence-corrected chi connectivity index (χ2v) is 5.69. The second-order valence-electron chi connectivity index (χ2n) is 5.25. The standard InChI is InChI=1S/C20H16ClF/c1-2-14-4-3-5-16(12-14)19-11-8-17(21)13-20(19)15-6-9-18(22)10-7-15/h3-13H,2H2,1H3. The van der Waals surface area contributed by atoms with Gasteiger partial charge in [-0.25, -0.2) is 4.39 Å². The Hall–Kier alpha value is -2.12. The first-order chi connectivity index (χ1) is 10.7. The van der Waals surface area contributed by atoms with Gasteiger partial charge in [0.1, 0.15) is 5.82 Å². The molecule has 2 heteroatoms. The fourth-order valence-electron chi connectivity index (χ4n) is 2.60. The van der Waals surface area contributed by atoms with E-state index < -0.39 is 0 Å².